The number of ether oxygens (including phenoxy) is 1. The highest BCUT2D eigenvalue weighted by atomic mass is 32.1. The molecule has 0 saturated carbocycles. The van der Waals surface area contributed by atoms with E-state index in [2.05, 4.69) is 35.6 Å². The van der Waals surface area contributed by atoms with Gasteiger partial charge in [0.05, 0.1) is 18.4 Å². The van der Waals surface area contributed by atoms with Crippen LogP contribution in [0.25, 0.3) is 16.9 Å². The molecule has 0 radical (unpaired) electrons. The maximum absolute atomic E-state index is 5.77. The van der Waals surface area contributed by atoms with E-state index in [1.807, 2.05) is 51.7 Å². The van der Waals surface area contributed by atoms with Crippen LogP contribution in [0.4, 0.5) is 17.6 Å². The Balaban J connectivity index is 1.42. The third-order valence-corrected chi connectivity index (χ3v) is 5.06. The lowest BCUT2D eigenvalue weighted by Crippen LogP contribution is -2.14. The van der Waals surface area contributed by atoms with Crippen LogP contribution >= 0.6 is 11.3 Å². The van der Waals surface area contributed by atoms with E-state index in [4.69, 9.17) is 4.74 Å². The number of aromatic nitrogens is 6. The average Bonchev–Trinajstić information content (AvgIpc) is 3.48. The molecule has 0 aliphatic carbocycles. The van der Waals surface area contributed by atoms with Crippen molar-refractivity contribution in [3.05, 3.63) is 72.1 Å². The quantitative estimate of drug-likeness (QED) is 0.357. The Morgan fingerprint density at radius 1 is 1.03 bits per heavy atom. The summed E-state index contributed by atoms with van der Waals surface area (Å²) in [6, 6.07) is 11.7. The molecule has 9 nitrogen and oxygen atoms in total. The van der Waals surface area contributed by atoms with Crippen molar-refractivity contribution >= 4 is 40.1 Å². The van der Waals surface area contributed by atoms with Crippen LogP contribution in [0, 0.1) is 0 Å². The molecule has 5 rings (SSSR count). The normalized spacial score (nSPS) is 10.8. The largest absolute Gasteiger partial charge is 0.492 e. The van der Waals surface area contributed by atoms with Crippen molar-refractivity contribution < 1.29 is 4.74 Å². The van der Waals surface area contributed by atoms with Gasteiger partial charge in [-0.25, -0.2) is 9.97 Å². The van der Waals surface area contributed by atoms with Crippen LogP contribution in [0.5, 0.6) is 5.75 Å². The van der Waals surface area contributed by atoms with E-state index in [-0.39, 0.29) is 0 Å². The molecule has 4 heterocycles. The molecule has 2 N–H and O–H groups in total. The number of hydrogen-bond acceptors (Lipinski definition) is 9. The van der Waals surface area contributed by atoms with E-state index < -0.39 is 0 Å². The van der Waals surface area contributed by atoms with Gasteiger partial charge in [-0.2, -0.15) is 21.3 Å². The van der Waals surface area contributed by atoms with Crippen molar-refractivity contribution in [2.75, 3.05) is 23.8 Å². The first-order valence-corrected chi connectivity index (χ1v) is 10.5. The molecular weight excluding hydrogens is 412 g/mol. The number of hydrogen-bond donors (Lipinski definition) is 2. The zero-order valence-electron chi connectivity index (χ0n) is 16.3. The fourth-order valence-electron chi connectivity index (χ4n) is 3.00. The van der Waals surface area contributed by atoms with Gasteiger partial charge in [0.15, 0.2) is 22.8 Å². The second-order valence-electron chi connectivity index (χ2n) is 6.47. The molecule has 1 aromatic carbocycles. The molecule has 0 aliphatic heterocycles. The molecule has 5 aromatic rings. The lowest BCUT2D eigenvalue weighted by Gasteiger charge is -2.11. The van der Waals surface area contributed by atoms with Gasteiger partial charge in [0, 0.05) is 17.8 Å². The number of rotatable bonds is 8. The number of nitrogens with zero attached hydrogens (tertiary/aromatic N) is 6. The van der Waals surface area contributed by atoms with E-state index in [9.17, 15) is 0 Å². The number of fused-ring (bicyclic) bond motifs is 1. The predicted octanol–water partition coefficient (Wildman–Crippen LogP) is 3.90. The molecule has 0 aliphatic rings. The van der Waals surface area contributed by atoms with Gasteiger partial charge in [0.25, 0.3) is 0 Å². The highest BCUT2D eigenvalue weighted by molar-refractivity contribution is 7.08. The van der Waals surface area contributed by atoms with Crippen molar-refractivity contribution in [3.8, 4) is 11.4 Å². The standard InChI is InChI=1S/C21H18N8OS/c1-2-4-16(5-3-1)30-10-9-24-19-18-20(29(14-25-18)15-6-11-31-13-15)28-21(27-19)26-17-12-22-7-8-23-17/h1-8,11-14H,9-10H2,(H2,23,24,26,27,28). The average molecular weight is 430 g/mol. The number of imidazole rings is 1. The van der Waals surface area contributed by atoms with E-state index in [0.29, 0.717) is 41.9 Å². The summed E-state index contributed by atoms with van der Waals surface area (Å²) in [5.41, 5.74) is 2.36. The van der Waals surface area contributed by atoms with E-state index in [1.165, 1.54) is 0 Å². The molecule has 0 saturated heterocycles. The van der Waals surface area contributed by atoms with Gasteiger partial charge in [-0.15, -0.1) is 0 Å². The van der Waals surface area contributed by atoms with Crippen molar-refractivity contribution in [2.45, 2.75) is 0 Å². The SMILES string of the molecule is c1ccc(OCCNc2nc(Nc3cnccn3)nc3c2ncn3-c2ccsc2)cc1. The Kier molecular flexibility index (Phi) is 5.35. The van der Waals surface area contributed by atoms with E-state index in [1.54, 1.807) is 36.3 Å². The van der Waals surface area contributed by atoms with Gasteiger partial charge < -0.3 is 15.4 Å². The monoisotopic (exact) mass is 430 g/mol. The Morgan fingerprint density at radius 3 is 2.77 bits per heavy atom. The highest BCUT2D eigenvalue weighted by Gasteiger charge is 2.15. The third-order valence-electron chi connectivity index (χ3n) is 4.39. The number of thiophene rings is 1. The summed E-state index contributed by atoms with van der Waals surface area (Å²) < 4.78 is 7.70. The molecule has 0 unspecified atom stereocenters. The van der Waals surface area contributed by atoms with Crippen LogP contribution < -0.4 is 15.4 Å². The molecule has 0 spiro atoms. The topological polar surface area (TPSA) is 103 Å². The summed E-state index contributed by atoms with van der Waals surface area (Å²) >= 11 is 1.61. The van der Waals surface area contributed by atoms with Crippen LogP contribution in [-0.2, 0) is 0 Å². The zero-order chi connectivity index (χ0) is 20.9. The second-order valence-corrected chi connectivity index (χ2v) is 7.25. The first kappa shape index (κ1) is 18.9. The minimum Gasteiger partial charge on any atom is -0.492 e. The molecule has 0 fully saturated rings. The van der Waals surface area contributed by atoms with Crippen LogP contribution in [0.15, 0.2) is 72.1 Å². The first-order valence-electron chi connectivity index (χ1n) is 9.59. The third kappa shape index (κ3) is 4.28. The number of benzene rings is 1. The summed E-state index contributed by atoms with van der Waals surface area (Å²) in [5.74, 6) is 2.39. The van der Waals surface area contributed by atoms with E-state index >= 15 is 0 Å². The fraction of sp³-hybridized carbons (Fsp3) is 0.0952. The first-order chi connectivity index (χ1) is 15.4. The number of anilines is 3. The number of para-hydroxylation sites is 1. The minimum absolute atomic E-state index is 0.399. The van der Waals surface area contributed by atoms with Crippen molar-refractivity contribution in [1.82, 2.24) is 29.5 Å². The molecule has 0 amide bonds. The molecule has 31 heavy (non-hydrogen) atoms. The molecular formula is C21H18N8OS. The molecule has 4 aromatic heterocycles. The number of nitrogens with one attached hydrogen (secondary N) is 2. The Hall–Kier alpha value is -4.05. The molecule has 0 atom stereocenters. The summed E-state index contributed by atoms with van der Waals surface area (Å²) in [6.45, 7) is 1.03. The summed E-state index contributed by atoms with van der Waals surface area (Å²) in [4.78, 5) is 22.1. The molecule has 0 bridgehead atoms. The highest BCUT2D eigenvalue weighted by Crippen LogP contribution is 2.25. The van der Waals surface area contributed by atoms with Gasteiger partial charge >= 0.3 is 0 Å². The van der Waals surface area contributed by atoms with Gasteiger partial charge in [-0.3, -0.25) is 9.55 Å². The van der Waals surface area contributed by atoms with Crippen molar-refractivity contribution in [1.29, 1.82) is 0 Å². The maximum Gasteiger partial charge on any atom is 0.232 e. The predicted molar refractivity (Wildman–Crippen MR) is 120 cm³/mol. The zero-order valence-corrected chi connectivity index (χ0v) is 17.2. The van der Waals surface area contributed by atoms with Crippen LogP contribution in [0.2, 0.25) is 0 Å². The second kappa shape index (κ2) is 8.76. The van der Waals surface area contributed by atoms with Crippen molar-refractivity contribution in [3.63, 3.8) is 0 Å². The van der Waals surface area contributed by atoms with Gasteiger partial charge in [0.2, 0.25) is 5.95 Å². The Morgan fingerprint density at radius 2 is 1.97 bits per heavy atom. The molecule has 10 heteroatoms. The summed E-state index contributed by atoms with van der Waals surface area (Å²) in [5, 5.41) is 10.5. The Labute approximate surface area is 181 Å². The van der Waals surface area contributed by atoms with Gasteiger partial charge in [-0.1, -0.05) is 18.2 Å². The summed E-state index contributed by atoms with van der Waals surface area (Å²) in [6.07, 6.45) is 6.58. The van der Waals surface area contributed by atoms with Crippen molar-refractivity contribution in [2.24, 2.45) is 0 Å². The molecule has 154 valence electrons. The lowest BCUT2D eigenvalue weighted by atomic mass is 10.3. The van der Waals surface area contributed by atoms with Gasteiger partial charge in [-0.05, 0) is 23.6 Å². The van der Waals surface area contributed by atoms with Crippen LogP contribution in [-0.4, -0.2) is 42.6 Å². The van der Waals surface area contributed by atoms with E-state index in [0.717, 1.165) is 11.4 Å². The smallest absolute Gasteiger partial charge is 0.232 e. The Bertz CT molecular complexity index is 1260. The fourth-order valence-corrected chi connectivity index (χ4v) is 3.62. The maximum atomic E-state index is 5.77. The lowest BCUT2D eigenvalue weighted by molar-refractivity contribution is 0.333. The summed E-state index contributed by atoms with van der Waals surface area (Å²) in [7, 11) is 0. The van der Waals surface area contributed by atoms with Crippen LogP contribution in [0.1, 0.15) is 0 Å². The minimum atomic E-state index is 0.399. The van der Waals surface area contributed by atoms with Gasteiger partial charge in [0.1, 0.15) is 18.7 Å². The van der Waals surface area contributed by atoms with Crippen LogP contribution in [0.3, 0.4) is 0 Å².